The van der Waals surface area contributed by atoms with Gasteiger partial charge < -0.3 is 30.0 Å². The molecule has 2 aliphatic heterocycles. The van der Waals surface area contributed by atoms with Crippen LogP contribution in [0.2, 0.25) is 0 Å². The van der Waals surface area contributed by atoms with Gasteiger partial charge in [-0.1, -0.05) is 13.8 Å². The molecule has 0 aliphatic carbocycles. The monoisotopic (exact) mass is 553 g/mol. The minimum Gasteiger partial charge on any atom is -0.490 e. The molecule has 9 nitrogen and oxygen atoms in total. The molecule has 10 heteroatoms. The first kappa shape index (κ1) is 29.0. The summed E-state index contributed by atoms with van der Waals surface area (Å²) in [6.45, 7) is 13.1. The first-order valence-corrected chi connectivity index (χ1v) is 13.7. The smallest absolute Gasteiger partial charge is 0.141 e. The molecular weight excluding hydrogens is 514 g/mol. The summed E-state index contributed by atoms with van der Waals surface area (Å²) in [5.41, 5.74) is 2.89. The van der Waals surface area contributed by atoms with Crippen LogP contribution < -0.4 is 20.3 Å². The van der Waals surface area contributed by atoms with Gasteiger partial charge in [-0.3, -0.25) is 0 Å². The number of rotatable bonds is 9. The van der Waals surface area contributed by atoms with Gasteiger partial charge in [0.15, 0.2) is 0 Å². The lowest BCUT2D eigenvalue weighted by Crippen LogP contribution is -2.43. The lowest BCUT2D eigenvalue weighted by Gasteiger charge is -2.37. The normalized spacial score (nSPS) is 17.1. The highest BCUT2D eigenvalue weighted by Gasteiger charge is 2.26. The third-order valence-corrected chi connectivity index (χ3v) is 7.50. The predicted molar refractivity (Wildman–Crippen MR) is 159 cm³/mol. The summed E-state index contributed by atoms with van der Waals surface area (Å²) in [4.78, 5) is 29.3. The topological polar surface area (TPSA) is 95.5 Å². The van der Waals surface area contributed by atoms with Crippen molar-refractivity contribution in [2.24, 2.45) is 5.41 Å². The third kappa shape index (κ3) is 7.35. The molecule has 2 aromatic heterocycles. The van der Waals surface area contributed by atoms with Crippen LogP contribution in [0, 0.1) is 12.3 Å². The maximum Gasteiger partial charge on any atom is 0.141 e. The largest absolute Gasteiger partial charge is 0.490 e. The van der Waals surface area contributed by atoms with Gasteiger partial charge in [-0.15, -0.1) is 12.4 Å². The van der Waals surface area contributed by atoms with Crippen LogP contribution in [-0.2, 0) is 4.79 Å². The average Bonchev–Trinajstić information content (AvgIpc) is 2.91. The summed E-state index contributed by atoms with van der Waals surface area (Å²) in [5, 5.41) is 7.83. The van der Waals surface area contributed by atoms with Crippen molar-refractivity contribution in [1.82, 2.24) is 25.2 Å². The maximum atomic E-state index is 11.0. The van der Waals surface area contributed by atoms with Crippen molar-refractivity contribution in [3.8, 4) is 5.75 Å². The maximum absolute atomic E-state index is 11.0. The van der Waals surface area contributed by atoms with Crippen molar-refractivity contribution in [3.63, 3.8) is 0 Å². The molecule has 2 saturated heterocycles. The molecule has 2 aliphatic rings. The van der Waals surface area contributed by atoms with Crippen molar-refractivity contribution in [3.05, 3.63) is 42.4 Å². The highest BCUT2D eigenvalue weighted by atomic mass is 35.5. The van der Waals surface area contributed by atoms with Crippen LogP contribution >= 0.6 is 12.4 Å². The molecule has 39 heavy (non-hydrogen) atoms. The molecule has 1 aromatic carbocycles. The number of piperidine rings is 1. The molecule has 4 heterocycles. The fraction of sp³-hybridized carbons (Fsp3) is 0.517. The van der Waals surface area contributed by atoms with Crippen LogP contribution in [0.4, 0.5) is 17.3 Å². The van der Waals surface area contributed by atoms with E-state index in [-0.39, 0.29) is 23.9 Å². The number of hydrogen-bond acceptors (Lipinski definition) is 9. The summed E-state index contributed by atoms with van der Waals surface area (Å²) < 4.78 is 6.42. The number of fused-ring (bicyclic) bond motifs is 1. The number of hydrogen-bond donors (Lipinski definition) is 2. The van der Waals surface area contributed by atoms with E-state index in [0.717, 1.165) is 104 Å². The van der Waals surface area contributed by atoms with Crippen LogP contribution in [0.5, 0.6) is 5.75 Å². The number of carbonyl (C=O) groups excluding carboxylic acids is 1. The SMILES string of the molecule is Cc1cc(Nc2ncnc3cnc(N4CCNCC4)cc23)ccc1OC1CCN(CC(C)(C)CC=O)CC1.Cl. The number of carbonyl (C=O) groups is 1. The summed E-state index contributed by atoms with van der Waals surface area (Å²) >= 11 is 0. The number of nitrogens with one attached hydrogen (secondary N) is 2. The second-order valence-electron chi connectivity index (χ2n) is 11.3. The van der Waals surface area contributed by atoms with Gasteiger partial charge in [0.2, 0.25) is 0 Å². The number of likely N-dealkylation sites (tertiary alicyclic amines) is 1. The van der Waals surface area contributed by atoms with E-state index in [1.165, 1.54) is 0 Å². The predicted octanol–water partition coefficient (Wildman–Crippen LogP) is 4.37. The van der Waals surface area contributed by atoms with E-state index >= 15 is 0 Å². The molecule has 2 fully saturated rings. The van der Waals surface area contributed by atoms with Gasteiger partial charge >= 0.3 is 0 Å². The van der Waals surface area contributed by atoms with Gasteiger partial charge in [-0.05, 0) is 55.0 Å². The average molecular weight is 554 g/mol. The number of halogens is 1. The zero-order valence-corrected chi connectivity index (χ0v) is 24.0. The Bertz CT molecular complexity index is 1260. The van der Waals surface area contributed by atoms with E-state index in [1.807, 2.05) is 18.3 Å². The lowest BCUT2D eigenvalue weighted by atomic mass is 9.88. The molecule has 210 valence electrons. The van der Waals surface area contributed by atoms with Crippen molar-refractivity contribution in [2.75, 3.05) is 56.0 Å². The van der Waals surface area contributed by atoms with E-state index < -0.39 is 0 Å². The van der Waals surface area contributed by atoms with Gasteiger partial charge in [-0.25, -0.2) is 15.0 Å². The molecule has 0 radical (unpaired) electrons. The number of aldehydes is 1. The molecule has 0 amide bonds. The highest BCUT2D eigenvalue weighted by molar-refractivity contribution is 5.91. The summed E-state index contributed by atoms with van der Waals surface area (Å²) in [6, 6.07) is 8.29. The van der Waals surface area contributed by atoms with Gasteiger partial charge in [0.25, 0.3) is 0 Å². The van der Waals surface area contributed by atoms with Crippen LogP contribution in [0.25, 0.3) is 10.9 Å². The molecule has 0 spiro atoms. The number of anilines is 3. The number of aryl methyl sites for hydroxylation is 1. The molecule has 0 saturated carbocycles. The fourth-order valence-electron chi connectivity index (χ4n) is 5.37. The van der Waals surface area contributed by atoms with Gasteiger partial charge in [0.05, 0.1) is 11.7 Å². The number of benzene rings is 1. The Morgan fingerprint density at radius 3 is 2.59 bits per heavy atom. The Balaban J connectivity index is 0.00000353. The van der Waals surface area contributed by atoms with Crippen LogP contribution in [0.3, 0.4) is 0 Å². The highest BCUT2D eigenvalue weighted by Crippen LogP contribution is 2.30. The van der Waals surface area contributed by atoms with Gasteiger partial charge in [0.1, 0.15) is 36.1 Å². The van der Waals surface area contributed by atoms with E-state index in [1.54, 1.807) is 6.33 Å². The van der Waals surface area contributed by atoms with E-state index in [2.05, 4.69) is 68.3 Å². The number of ether oxygens (including phenoxy) is 1. The van der Waals surface area contributed by atoms with Crippen LogP contribution in [-0.4, -0.2) is 78.1 Å². The standard InChI is InChI=1S/C29H39N7O2.ClH/c1-21-16-22(4-5-26(21)38-23-6-11-35(12-7-23)19-29(2,3)8-15-37)34-28-24-17-27(36-13-9-30-10-14-36)31-18-25(24)32-20-33-28;/h4-5,15-18,20,23,30H,6-14,19H2,1-3H3,(H,32,33,34);1H. The first-order chi connectivity index (χ1) is 18.4. The second-order valence-corrected chi connectivity index (χ2v) is 11.3. The van der Waals surface area contributed by atoms with E-state index in [9.17, 15) is 4.79 Å². The van der Waals surface area contributed by atoms with E-state index in [4.69, 9.17) is 4.74 Å². The fourth-order valence-corrected chi connectivity index (χ4v) is 5.37. The third-order valence-electron chi connectivity index (χ3n) is 7.50. The molecule has 0 bridgehead atoms. The number of pyridine rings is 1. The summed E-state index contributed by atoms with van der Waals surface area (Å²) in [5.74, 6) is 2.65. The van der Waals surface area contributed by atoms with Gasteiger partial charge in [-0.2, -0.15) is 0 Å². The van der Waals surface area contributed by atoms with Crippen molar-refractivity contribution >= 4 is 46.9 Å². The molecule has 0 unspecified atom stereocenters. The summed E-state index contributed by atoms with van der Waals surface area (Å²) in [7, 11) is 0. The Hall–Kier alpha value is -3.01. The molecule has 0 atom stereocenters. The van der Waals surface area contributed by atoms with Crippen molar-refractivity contribution in [1.29, 1.82) is 0 Å². The lowest BCUT2D eigenvalue weighted by molar-refractivity contribution is -0.109. The Morgan fingerprint density at radius 2 is 1.87 bits per heavy atom. The van der Waals surface area contributed by atoms with E-state index in [0.29, 0.717) is 6.42 Å². The Labute approximate surface area is 237 Å². The zero-order chi connectivity index (χ0) is 26.5. The minimum absolute atomic E-state index is 0. The van der Waals surface area contributed by atoms with Crippen molar-refractivity contribution in [2.45, 2.75) is 46.1 Å². The number of aromatic nitrogens is 3. The molecule has 5 rings (SSSR count). The van der Waals surface area contributed by atoms with Crippen LogP contribution in [0.1, 0.15) is 38.7 Å². The zero-order valence-electron chi connectivity index (χ0n) is 23.2. The quantitative estimate of drug-likeness (QED) is 0.374. The number of nitrogens with zero attached hydrogens (tertiary/aromatic N) is 5. The number of piperazine rings is 1. The summed E-state index contributed by atoms with van der Waals surface area (Å²) in [6.07, 6.45) is 7.23. The molecule has 2 N–H and O–H groups in total. The Morgan fingerprint density at radius 1 is 1.10 bits per heavy atom. The second kappa shape index (κ2) is 12.9. The Kier molecular flexibility index (Phi) is 9.58. The first-order valence-electron chi connectivity index (χ1n) is 13.7. The molecule has 3 aromatic rings. The van der Waals surface area contributed by atoms with Crippen molar-refractivity contribution < 1.29 is 9.53 Å². The van der Waals surface area contributed by atoms with Crippen LogP contribution in [0.15, 0.2) is 36.8 Å². The minimum atomic E-state index is 0. The van der Waals surface area contributed by atoms with Gasteiger partial charge in [0, 0.05) is 63.3 Å². The molecular formula is C29H40ClN7O2.